The fourth-order valence-electron chi connectivity index (χ4n) is 3.13. The molecular weight excluding hydrogens is 332 g/mol. The fraction of sp³-hybridized carbons (Fsp3) is 0.421. The van der Waals surface area contributed by atoms with Crippen molar-refractivity contribution in [2.45, 2.75) is 50.7 Å². The van der Waals surface area contributed by atoms with Gasteiger partial charge in [0.2, 0.25) is 0 Å². The lowest BCUT2D eigenvalue weighted by Crippen LogP contribution is -2.52. The summed E-state index contributed by atoms with van der Waals surface area (Å²) in [5, 5.41) is 12.2. The molecule has 1 amide bonds. The number of nitrogens with zero attached hydrogens (tertiary/aromatic N) is 3. The van der Waals surface area contributed by atoms with Gasteiger partial charge in [-0.3, -0.25) is 14.8 Å². The maximum atomic E-state index is 12.4. The highest BCUT2D eigenvalue weighted by Gasteiger charge is 2.35. The zero-order valence-electron chi connectivity index (χ0n) is 14.6. The summed E-state index contributed by atoms with van der Waals surface area (Å²) >= 11 is 0. The van der Waals surface area contributed by atoms with E-state index in [1.807, 2.05) is 0 Å². The molecule has 1 fully saturated rings. The number of ether oxygens (including phenoxy) is 1. The SMILES string of the molecule is C[C@@H](OC(=O)c1ccc2nccnc2c1)C(=O)NC1(C#N)CCCCC1. The Kier molecular flexibility index (Phi) is 5.12. The summed E-state index contributed by atoms with van der Waals surface area (Å²) in [6, 6.07) is 7.06. The van der Waals surface area contributed by atoms with Gasteiger partial charge in [-0.25, -0.2) is 4.79 Å². The van der Waals surface area contributed by atoms with Crippen molar-refractivity contribution >= 4 is 22.9 Å². The summed E-state index contributed by atoms with van der Waals surface area (Å²) < 4.78 is 5.27. The van der Waals surface area contributed by atoms with Crippen molar-refractivity contribution in [1.29, 1.82) is 5.26 Å². The van der Waals surface area contributed by atoms with Gasteiger partial charge in [0.05, 0.1) is 22.7 Å². The number of nitriles is 1. The summed E-state index contributed by atoms with van der Waals surface area (Å²) in [5.74, 6) is -1.07. The number of aromatic nitrogens is 2. The standard InChI is InChI=1S/C19H20N4O3/c1-13(17(24)23-19(12-20)7-3-2-4-8-19)26-18(25)14-5-6-15-16(11-14)22-10-9-21-15/h5-6,9-11,13H,2-4,7-8H2,1H3,(H,23,24)/t13-/m1/s1. The van der Waals surface area contributed by atoms with Crippen LogP contribution in [-0.2, 0) is 9.53 Å². The number of hydrogen-bond donors (Lipinski definition) is 1. The number of esters is 1. The molecule has 7 heteroatoms. The molecule has 1 aromatic carbocycles. The Balaban J connectivity index is 1.66. The Labute approximate surface area is 151 Å². The molecular formula is C19H20N4O3. The molecule has 1 aliphatic carbocycles. The number of benzene rings is 1. The molecule has 1 N–H and O–H groups in total. The molecule has 0 radical (unpaired) electrons. The van der Waals surface area contributed by atoms with E-state index in [0.717, 1.165) is 19.3 Å². The summed E-state index contributed by atoms with van der Waals surface area (Å²) in [6.07, 6.45) is 6.24. The van der Waals surface area contributed by atoms with Gasteiger partial charge in [0.25, 0.3) is 5.91 Å². The number of carbonyl (C=O) groups excluding carboxylic acids is 2. The van der Waals surface area contributed by atoms with Crippen molar-refractivity contribution in [1.82, 2.24) is 15.3 Å². The molecule has 1 heterocycles. The predicted molar refractivity (Wildman–Crippen MR) is 94.0 cm³/mol. The van der Waals surface area contributed by atoms with Crippen molar-refractivity contribution in [3.05, 3.63) is 36.2 Å². The second-order valence-electron chi connectivity index (χ2n) is 6.55. The fourth-order valence-corrected chi connectivity index (χ4v) is 3.13. The van der Waals surface area contributed by atoms with Crippen LogP contribution in [0.5, 0.6) is 0 Å². The maximum Gasteiger partial charge on any atom is 0.338 e. The van der Waals surface area contributed by atoms with Crippen LogP contribution >= 0.6 is 0 Å². The monoisotopic (exact) mass is 352 g/mol. The van der Waals surface area contributed by atoms with Crippen molar-refractivity contribution in [2.24, 2.45) is 0 Å². The van der Waals surface area contributed by atoms with Gasteiger partial charge in [0.1, 0.15) is 5.54 Å². The zero-order valence-corrected chi connectivity index (χ0v) is 14.6. The van der Waals surface area contributed by atoms with Crippen LogP contribution in [0.1, 0.15) is 49.4 Å². The largest absolute Gasteiger partial charge is 0.449 e. The van der Waals surface area contributed by atoms with Crippen LogP contribution in [0.25, 0.3) is 11.0 Å². The molecule has 1 saturated carbocycles. The van der Waals surface area contributed by atoms with Gasteiger partial charge >= 0.3 is 5.97 Å². The van der Waals surface area contributed by atoms with Crippen LogP contribution in [-0.4, -0.2) is 33.5 Å². The molecule has 1 aromatic heterocycles. The molecule has 3 rings (SSSR count). The molecule has 26 heavy (non-hydrogen) atoms. The van der Waals surface area contributed by atoms with Crippen molar-refractivity contribution in [3.63, 3.8) is 0 Å². The molecule has 0 spiro atoms. The van der Waals surface area contributed by atoms with E-state index in [1.54, 1.807) is 30.6 Å². The molecule has 0 aliphatic heterocycles. The minimum atomic E-state index is -0.993. The third kappa shape index (κ3) is 3.80. The van der Waals surface area contributed by atoms with Crippen LogP contribution in [0.3, 0.4) is 0 Å². The predicted octanol–water partition coefficient (Wildman–Crippen LogP) is 2.52. The van der Waals surface area contributed by atoms with Crippen LogP contribution in [0.2, 0.25) is 0 Å². The van der Waals surface area contributed by atoms with Gasteiger partial charge < -0.3 is 10.1 Å². The second kappa shape index (κ2) is 7.48. The summed E-state index contributed by atoms with van der Waals surface area (Å²) in [7, 11) is 0. The van der Waals surface area contributed by atoms with Crippen molar-refractivity contribution in [3.8, 4) is 6.07 Å². The van der Waals surface area contributed by atoms with Crippen molar-refractivity contribution < 1.29 is 14.3 Å². The average molecular weight is 352 g/mol. The molecule has 134 valence electrons. The lowest BCUT2D eigenvalue weighted by molar-refractivity contribution is -0.130. The first kappa shape index (κ1) is 17.8. The van der Waals surface area contributed by atoms with E-state index in [9.17, 15) is 14.9 Å². The molecule has 7 nitrogen and oxygen atoms in total. The number of rotatable bonds is 4. The molecule has 0 saturated heterocycles. The molecule has 0 bridgehead atoms. The Hall–Kier alpha value is -3.01. The van der Waals surface area contributed by atoms with Crippen LogP contribution in [0, 0.1) is 11.3 Å². The number of nitrogens with one attached hydrogen (secondary N) is 1. The van der Waals surface area contributed by atoms with Crippen LogP contribution < -0.4 is 5.32 Å². The third-order valence-electron chi connectivity index (χ3n) is 4.64. The number of hydrogen-bond acceptors (Lipinski definition) is 6. The molecule has 1 aliphatic rings. The first-order chi connectivity index (χ1) is 12.5. The zero-order chi connectivity index (χ0) is 18.6. The Morgan fingerprint density at radius 3 is 2.58 bits per heavy atom. The lowest BCUT2D eigenvalue weighted by Gasteiger charge is -2.32. The van der Waals surface area contributed by atoms with Gasteiger partial charge in [0.15, 0.2) is 6.10 Å². The minimum Gasteiger partial charge on any atom is -0.449 e. The number of carbonyl (C=O) groups is 2. The molecule has 1 atom stereocenters. The highest BCUT2D eigenvalue weighted by atomic mass is 16.5. The van der Waals surface area contributed by atoms with Gasteiger partial charge in [-0.1, -0.05) is 19.3 Å². The Morgan fingerprint density at radius 2 is 1.88 bits per heavy atom. The maximum absolute atomic E-state index is 12.4. The first-order valence-electron chi connectivity index (χ1n) is 8.68. The van der Waals surface area contributed by atoms with Gasteiger partial charge in [-0.15, -0.1) is 0 Å². The summed E-state index contributed by atoms with van der Waals surface area (Å²) in [6.45, 7) is 1.50. The van der Waals surface area contributed by atoms with Crippen molar-refractivity contribution in [2.75, 3.05) is 0 Å². The Morgan fingerprint density at radius 1 is 1.19 bits per heavy atom. The van der Waals surface area contributed by atoms with E-state index < -0.39 is 23.5 Å². The molecule has 0 unspecified atom stereocenters. The average Bonchev–Trinajstić information content (AvgIpc) is 2.68. The van der Waals surface area contributed by atoms with E-state index in [2.05, 4.69) is 21.4 Å². The molecule has 2 aromatic rings. The quantitative estimate of drug-likeness (QED) is 0.848. The third-order valence-corrected chi connectivity index (χ3v) is 4.64. The van der Waals surface area contributed by atoms with Gasteiger partial charge in [-0.2, -0.15) is 5.26 Å². The Bertz CT molecular complexity index is 868. The van der Waals surface area contributed by atoms with Crippen LogP contribution in [0.4, 0.5) is 0 Å². The second-order valence-corrected chi connectivity index (χ2v) is 6.55. The van der Waals surface area contributed by atoms with E-state index in [1.165, 1.54) is 6.92 Å². The summed E-state index contributed by atoms with van der Waals surface area (Å²) in [4.78, 5) is 33.0. The minimum absolute atomic E-state index is 0.297. The highest BCUT2D eigenvalue weighted by Crippen LogP contribution is 2.27. The van der Waals surface area contributed by atoms with E-state index in [-0.39, 0.29) is 0 Å². The van der Waals surface area contributed by atoms with E-state index >= 15 is 0 Å². The number of fused-ring (bicyclic) bond motifs is 1. The van der Waals surface area contributed by atoms with E-state index in [0.29, 0.717) is 29.4 Å². The first-order valence-corrected chi connectivity index (χ1v) is 8.68. The summed E-state index contributed by atoms with van der Waals surface area (Å²) in [5.41, 5.74) is 0.687. The van der Waals surface area contributed by atoms with Gasteiger partial charge in [0, 0.05) is 12.4 Å². The van der Waals surface area contributed by atoms with Gasteiger partial charge in [-0.05, 0) is 38.0 Å². The van der Waals surface area contributed by atoms with Crippen LogP contribution in [0.15, 0.2) is 30.6 Å². The topological polar surface area (TPSA) is 105 Å². The van der Waals surface area contributed by atoms with E-state index in [4.69, 9.17) is 4.74 Å². The smallest absolute Gasteiger partial charge is 0.338 e. The number of amides is 1. The normalized spacial score (nSPS) is 17.1. The highest BCUT2D eigenvalue weighted by molar-refractivity contribution is 5.95. The lowest BCUT2D eigenvalue weighted by atomic mass is 9.83.